The topological polar surface area (TPSA) is 52.5 Å². The molecule has 0 spiro atoms. The molecule has 0 fully saturated rings. The van der Waals surface area contributed by atoms with Gasteiger partial charge in [-0.05, 0) is 37.5 Å². The Bertz CT molecular complexity index is 814. The Balaban J connectivity index is 2.37. The molecule has 29 heavy (non-hydrogen) atoms. The van der Waals surface area contributed by atoms with Crippen molar-refractivity contribution in [2.24, 2.45) is 7.05 Å². The standard InChI is InChI=1S/C24H38N2O3/c1-5-8-11-12-17-28-22-20-14-13-19(25-15-9-6-2)18-21(20)26(4)24(27)23(22)29-16-10-7-3/h13-14,18,25H,5-12,15-17H2,1-4H3. The fraction of sp³-hybridized carbons (Fsp3) is 0.625. The van der Waals surface area contributed by atoms with E-state index in [9.17, 15) is 4.79 Å². The molecule has 1 aromatic heterocycles. The van der Waals surface area contributed by atoms with E-state index < -0.39 is 0 Å². The third-order valence-corrected chi connectivity index (χ3v) is 5.16. The number of fused-ring (bicyclic) bond motifs is 1. The van der Waals surface area contributed by atoms with E-state index in [1.54, 1.807) is 11.6 Å². The fourth-order valence-electron chi connectivity index (χ4n) is 3.29. The van der Waals surface area contributed by atoms with Crippen LogP contribution in [-0.2, 0) is 7.05 Å². The van der Waals surface area contributed by atoms with Crippen LogP contribution in [0.2, 0.25) is 0 Å². The molecule has 0 bridgehead atoms. The second-order valence-corrected chi connectivity index (χ2v) is 7.65. The molecule has 5 nitrogen and oxygen atoms in total. The third kappa shape index (κ3) is 6.41. The molecule has 2 aromatic rings. The summed E-state index contributed by atoms with van der Waals surface area (Å²) in [5, 5.41) is 4.37. The van der Waals surface area contributed by atoms with Crippen LogP contribution in [0.4, 0.5) is 5.69 Å². The first-order chi connectivity index (χ1) is 14.1. The monoisotopic (exact) mass is 402 g/mol. The molecule has 1 heterocycles. The number of anilines is 1. The van der Waals surface area contributed by atoms with Crippen LogP contribution in [0.5, 0.6) is 11.5 Å². The van der Waals surface area contributed by atoms with Crippen LogP contribution in [0.1, 0.15) is 72.1 Å². The minimum absolute atomic E-state index is 0.136. The summed E-state index contributed by atoms with van der Waals surface area (Å²) in [5.74, 6) is 0.937. The van der Waals surface area contributed by atoms with E-state index in [4.69, 9.17) is 9.47 Å². The summed E-state index contributed by atoms with van der Waals surface area (Å²) in [4.78, 5) is 13.0. The maximum Gasteiger partial charge on any atom is 0.297 e. The number of unbranched alkanes of at least 4 members (excludes halogenated alkanes) is 5. The van der Waals surface area contributed by atoms with E-state index in [0.717, 1.165) is 61.7 Å². The Labute approximate surface area is 175 Å². The van der Waals surface area contributed by atoms with Gasteiger partial charge in [0.2, 0.25) is 5.75 Å². The fourth-order valence-corrected chi connectivity index (χ4v) is 3.29. The Hall–Kier alpha value is -2.17. The van der Waals surface area contributed by atoms with Gasteiger partial charge in [-0.1, -0.05) is 52.9 Å². The minimum atomic E-state index is -0.136. The largest absolute Gasteiger partial charge is 0.489 e. The molecule has 162 valence electrons. The van der Waals surface area contributed by atoms with Gasteiger partial charge in [-0.3, -0.25) is 4.79 Å². The molecule has 0 aliphatic carbocycles. The van der Waals surface area contributed by atoms with Crippen molar-refractivity contribution in [2.75, 3.05) is 25.1 Å². The van der Waals surface area contributed by atoms with Crippen LogP contribution in [0.25, 0.3) is 10.9 Å². The van der Waals surface area contributed by atoms with Crippen LogP contribution >= 0.6 is 0 Å². The lowest BCUT2D eigenvalue weighted by atomic mass is 10.1. The highest BCUT2D eigenvalue weighted by molar-refractivity contribution is 5.90. The highest BCUT2D eigenvalue weighted by Gasteiger charge is 2.18. The zero-order valence-corrected chi connectivity index (χ0v) is 18.7. The van der Waals surface area contributed by atoms with Crippen molar-refractivity contribution >= 4 is 16.6 Å². The highest BCUT2D eigenvalue weighted by Crippen LogP contribution is 2.34. The number of ether oxygens (including phenoxy) is 2. The molecular formula is C24H38N2O3. The van der Waals surface area contributed by atoms with Crippen molar-refractivity contribution in [3.05, 3.63) is 28.6 Å². The number of hydrogen-bond donors (Lipinski definition) is 1. The molecule has 1 aromatic carbocycles. The smallest absolute Gasteiger partial charge is 0.297 e. The number of benzene rings is 1. The normalized spacial score (nSPS) is 11.0. The number of hydrogen-bond acceptors (Lipinski definition) is 4. The van der Waals surface area contributed by atoms with Gasteiger partial charge in [0.1, 0.15) is 0 Å². The van der Waals surface area contributed by atoms with Gasteiger partial charge in [-0.2, -0.15) is 0 Å². The van der Waals surface area contributed by atoms with Gasteiger partial charge in [0.05, 0.1) is 18.7 Å². The van der Waals surface area contributed by atoms with Crippen molar-refractivity contribution in [1.82, 2.24) is 4.57 Å². The molecular weight excluding hydrogens is 364 g/mol. The van der Waals surface area contributed by atoms with Crippen LogP contribution < -0.4 is 20.3 Å². The molecule has 0 aliphatic heterocycles. The first-order valence-corrected chi connectivity index (χ1v) is 11.3. The molecule has 2 rings (SSSR count). The average molecular weight is 403 g/mol. The lowest BCUT2D eigenvalue weighted by Gasteiger charge is -2.18. The molecule has 0 radical (unpaired) electrons. The van der Waals surface area contributed by atoms with Gasteiger partial charge in [0, 0.05) is 24.7 Å². The summed E-state index contributed by atoms with van der Waals surface area (Å²) < 4.78 is 13.7. The Morgan fingerprint density at radius 1 is 0.862 bits per heavy atom. The first-order valence-electron chi connectivity index (χ1n) is 11.3. The summed E-state index contributed by atoms with van der Waals surface area (Å²) in [5.41, 5.74) is 1.75. The number of aryl methyl sites for hydroxylation is 1. The predicted molar refractivity (Wildman–Crippen MR) is 123 cm³/mol. The maximum absolute atomic E-state index is 13.0. The molecule has 0 saturated heterocycles. The first kappa shape index (κ1) is 23.1. The van der Waals surface area contributed by atoms with E-state index in [1.165, 1.54) is 12.8 Å². The van der Waals surface area contributed by atoms with Crippen LogP contribution in [0, 0.1) is 0 Å². The quantitative estimate of drug-likeness (QED) is 0.400. The van der Waals surface area contributed by atoms with Gasteiger partial charge >= 0.3 is 0 Å². The van der Waals surface area contributed by atoms with Gasteiger partial charge < -0.3 is 19.4 Å². The number of pyridine rings is 1. The molecule has 0 atom stereocenters. The number of nitrogens with one attached hydrogen (secondary N) is 1. The van der Waals surface area contributed by atoms with Crippen molar-refractivity contribution in [2.45, 2.75) is 72.1 Å². The number of rotatable bonds is 14. The number of nitrogens with zero attached hydrogens (tertiary/aromatic N) is 1. The lowest BCUT2D eigenvalue weighted by Crippen LogP contribution is -2.22. The molecule has 1 N–H and O–H groups in total. The summed E-state index contributed by atoms with van der Waals surface area (Å²) in [6.07, 6.45) is 8.71. The minimum Gasteiger partial charge on any atom is -0.489 e. The van der Waals surface area contributed by atoms with Crippen molar-refractivity contribution in [3.8, 4) is 11.5 Å². The van der Waals surface area contributed by atoms with Crippen molar-refractivity contribution in [3.63, 3.8) is 0 Å². The van der Waals surface area contributed by atoms with E-state index >= 15 is 0 Å². The van der Waals surface area contributed by atoms with Crippen LogP contribution in [-0.4, -0.2) is 24.3 Å². The Morgan fingerprint density at radius 3 is 2.28 bits per heavy atom. The summed E-state index contributed by atoms with van der Waals surface area (Å²) in [6, 6.07) is 6.13. The summed E-state index contributed by atoms with van der Waals surface area (Å²) in [6.45, 7) is 8.54. The zero-order chi connectivity index (χ0) is 21.1. The van der Waals surface area contributed by atoms with Crippen molar-refractivity contribution < 1.29 is 9.47 Å². The van der Waals surface area contributed by atoms with E-state index in [0.29, 0.717) is 24.7 Å². The van der Waals surface area contributed by atoms with Crippen LogP contribution in [0.3, 0.4) is 0 Å². The second-order valence-electron chi connectivity index (χ2n) is 7.65. The number of aromatic nitrogens is 1. The third-order valence-electron chi connectivity index (χ3n) is 5.16. The SMILES string of the molecule is CCCCCCOc1c(OCCCC)c(=O)n(C)c2cc(NCCCC)ccc12. The van der Waals surface area contributed by atoms with E-state index in [2.05, 4.69) is 32.2 Å². The van der Waals surface area contributed by atoms with Crippen LogP contribution in [0.15, 0.2) is 23.0 Å². The molecule has 0 aliphatic rings. The van der Waals surface area contributed by atoms with Crippen molar-refractivity contribution in [1.29, 1.82) is 0 Å². The predicted octanol–water partition coefficient (Wildman–Crippen LogP) is 5.89. The average Bonchev–Trinajstić information content (AvgIpc) is 2.73. The summed E-state index contributed by atoms with van der Waals surface area (Å²) in [7, 11) is 1.80. The molecule has 0 saturated carbocycles. The van der Waals surface area contributed by atoms with Gasteiger partial charge in [0.25, 0.3) is 5.56 Å². The van der Waals surface area contributed by atoms with E-state index in [-0.39, 0.29) is 5.56 Å². The molecule has 0 amide bonds. The zero-order valence-electron chi connectivity index (χ0n) is 18.7. The Morgan fingerprint density at radius 2 is 1.55 bits per heavy atom. The van der Waals surface area contributed by atoms with Gasteiger partial charge in [-0.25, -0.2) is 0 Å². The second kappa shape index (κ2) is 12.4. The van der Waals surface area contributed by atoms with Gasteiger partial charge in [-0.15, -0.1) is 0 Å². The maximum atomic E-state index is 13.0. The highest BCUT2D eigenvalue weighted by atomic mass is 16.5. The molecule has 5 heteroatoms. The van der Waals surface area contributed by atoms with Gasteiger partial charge in [0.15, 0.2) is 5.75 Å². The summed E-state index contributed by atoms with van der Waals surface area (Å²) >= 11 is 0. The molecule has 0 unspecified atom stereocenters. The Kier molecular flexibility index (Phi) is 9.89. The lowest BCUT2D eigenvalue weighted by molar-refractivity contribution is 0.259. The van der Waals surface area contributed by atoms with E-state index in [1.807, 2.05) is 12.1 Å².